The zero-order chi connectivity index (χ0) is 17.9. The molecule has 4 heterocycles. The Morgan fingerprint density at radius 3 is 3.12 bits per heavy atom. The maximum Gasteiger partial charge on any atom is 0.228 e. The van der Waals surface area contributed by atoms with Crippen LogP contribution in [0.2, 0.25) is 0 Å². The second kappa shape index (κ2) is 7.57. The zero-order valence-corrected chi connectivity index (χ0v) is 15.2. The number of rotatable bonds is 5. The average molecular weight is 358 g/mol. The van der Waals surface area contributed by atoms with E-state index >= 15 is 0 Å². The molecular weight excluding hydrogens is 332 g/mol. The number of carbonyl (C=O) groups is 1. The predicted molar refractivity (Wildman–Crippen MR) is 94.0 cm³/mol. The zero-order valence-electron chi connectivity index (χ0n) is 15.2. The SMILES string of the molecule is CCn1ccnc1[C@@H]1OCC[C@H]1C(=O)N1CCCC(Cn2cncn2)C1. The van der Waals surface area contributed by atoms with Gasteiger partial charge in [0.25, 0.3) is 0 Å². The molecule has 2 fully saturated rings. The van der Waals surface area contributed by atoms with E-state index in [4.69, 9.17) is 4.74 Å². The van der Waals surface area contributed by atoms with E-state index in [0.29, 0.717) is 12.5 Å². The smallest absolute Gasteiger partial charge is 0.228 e. The molecule has 2 aliphatic rings. The van der Waals surface area contributed by atoms with Crippen molar-refractivity contribution in [1.29, 1.82) is 0 Å². The number of likely N-dealkylation sites (tertiary alicyclic amines) is 1. The van der Waals surface area contributed by atoms with Gasteiger partial charge in [-0.1, -0.05) is 0 Å². The van der Waals surface area contributed by atoms with Crippen LogP contribution in [0, 0.1) is 11.8 Å². The van der Waals surface area contributed by atoms with Crippen molar-refractivity contribution in [3.8, 4) is 0 Å². The fraction of sp³-hybridized carbons (Fsp3) is 0.667. The van der Waals surface area contributed by atoms with Gasteiger partial charge >= 0.3 is 0 Å². The molecule has 1 amide bonds. The highest BCUT2D eigenvalue weighted by Crippen LogP contribution is 2.36. The average Bonchev–Trinajstić information content (AvgIpc) is 3.41. The summed E-state index contributed by atoms with van der Waals surface area (Å²) >= 11 is 0. The van der Waals surface area contributed by atoms with Gasteiger partial charge in [0.1, 0.15) is 24.6 Å². The van der Waals surface area contributed by atoms with Gasteiger partial charge in [-0.05, 0) is 32.1 Å². The quantitative estimate of drug-likeness (QED) is 0.810. The summed E-state index contributed by atoms with van der Waals surface area (Å²) in [5.41, 5.74) is 0. The van der Waals surface area contributed by atoms with Crippen LogP contribution in [0.5, 0.6) is 0 Å². The molecule has 0 spiro atoms. The summed E-state index contributed by atoms with van der Waals surface area (Å²) in [7, 11) is 0. The van der Waals surface area contributed by atoms with Gasteiger partial charge in [0.05, 0.1) is 5.92 Å². The van der Waals surface area contributed by atoms with Gasteiger partial charge < -0.3 is 14.2 Å². The van der Waals surface area contributed by atoms with Crippen molar-refractivity contribution in [3.05, 3.63) is 30.9 Å². The van der Waals surface area contributed by atoms with Crippen molar-refractivity contribution in [2.24, 2.45) is 11.8 Å². The third kappa shape index (κ3) is 3.38. The van der Waals surface area contributed by atoms with E-state index in [2.05, 4.69) is 26.6 Å². The maximum atomic E-state index is 13.2. The van der Waals surface area contributed by atoms with Crippen LogP contribution in [0.4, 0.5) is 0 Å². The Hall–Kier alpha value is -2.22. The van der Waals surface area contributed by atoms with Crippen LogP contribution in [-0.4, -0.2) is 54.8 Å². The van der Waals surface area contributed by atoms with E-state index < -0.39 is 0 Å². The lowest BCUT2D eigenvalue weighted by Gasteiger charge is -2.35. The molecule has 2 saturated heterocycles. The molecule has 2 aromatic heterocycles. The number of amides is 1. The number of aromatic nitrogens is 5. The summed E-state index contributed by atoms with van der Waals surface area (Å²) in [6.07, 6.45) is 9.73. The molecule has 8 heteroatoms. The second-order valence-electron chi connectivity index (χ2n) is 7.17. The molecule has 0 saturated carbocycles. The van der Waals surface area contributed by atoms with Gasteiger partial charge in [0.15, 0.2) is 0 Å². The molecule has 26 heavy (non-hydrogen) atoms. The molecule has 0 bridgehead atoms. The fourth-order valence-electron chi connectivity index (χ4n) is 4.18. The monoisotopic (exact) mass is 358 g/mol. The van der Waals surface area contributed by atoms with E-state index in [1.54, 1.807) is 18.9 Å². The van der Waals surface area contributed by atoms with Crippen molar-refractivity contribution in [1.82, 2.24) is 29.2 Å². The fourth-order valence-corrected chi connectivity index (χ4v) is 4.18. The summed E-state index contributed by atoms with van der Waals surface area (Å²) < 4.78 is 9.85. The maximum absolute atomic E-state index is 13.2. The van der Waals surface area contributed by atoms with Crippen LogP contribution in [-0.2, 0) is 22.6 Å². The van der Waals surface area contributed by atoms with Crippen LogP contribution in [0.3, 0.4) is 0 Å². The van der Waals surface area contributed by atoms with Crippen LogP contribution in [0.25, 0.3) is 0 Å². The first-order chi connectivity index (χ1) is 12.8. The standard InChI is InChI=1S/C18H26N6O2/c1-2-22-8-6-20-17(22)16-15(5-9-26-16)18(25)23-7-3-4-14(10-23)11-24-13-19-12-21-24/h6,8,12-16H,2-5,7,9-11H2,1H3/t14?,15-,16-/m1/s1. The normalized spacial score (nSPS) is 26.3. The van der Waals surface area contributed by atoms with Crippen LogP contribution < -0.4 is 0 Å². The minimum absolute atomic E-state index is 0.132. The Morgan fingerprint density at radius 1 is 1.38 bits per heavy atom. The highest BCUT2D eigenvalue weighted by atomic mass is 16.5. The first-order valence-corrected chi connectivity index (χ1v) is 9.50. The van der Waals surface area contributed by atoms with Crippen molar-refractivity contribution in [3.63, 3.8) is 0 Å². The number of nitrogens with zero attached hydrogens (tertiary/aromatic N) is 6. The van der Waals surface area contributed by atoms with E-state index in [1.165, 1.54) is 0 Å². The predicted octanol–water partition coefficient (Wildman–Crippen LogP) is 1.51. The summed E-state index contributed by atoms with van der Waals surface area (Å²) in [5, 5.41) is 4.19. The number of hydrogen-bond donors (Lipinski definition) is 0. The first-order valence-electron chi connectivity index (χ1n) is 9.50. The number of piperidine rings is 1. The van der Waals surface area contributed by atoms with Crippen LogP contribution >= 0.6 is 0 Å². The molecule has 2 aliphatic heterocycles. The van der Waals surface area contributed by atoms with Gasteiger partial charge in [-0.2, -0.15) is 5.10 Å². The number of aryl methyl sites for hydroxylation is 1. The van der Waals surface area contributed by atoms with Gasteiger partial charge in [-0.25, -0.2) is 9.97 Å². The molecule has 140 valence electrons. The van der Waals surface area contributed by atoms with Gasteiger partial charge in [-0.15, -0.1) is 0 Å². The lowest BCUT2D eigenvalue weighted by atomic mass is 9.94. The molecule has 3 atom stereocenters. The summed E-state index contributed by atoms with van der Waals surface area (Å²) in [6, 6.07) is 0. The number of imidazole rings is 1. The van der Waals surface area contributed by atoms with Gasteiger partial charge in [-0.3, -0.25) is 9.48 Å². The molecule has 4 rings (SSSR count). The highest BCUT2D eigenvalue weighted by molar-refractivity contribution is 5.80. The Bertz CT molecular complexity index is 728. The lowest BCUT2D eigenvalue weighted by Crippen LogP contribution is -2.44. The lowest BCUT2D eigenvalue weighted by molar-refractivity contribution is -0.139. The molecule has 0 radical (unpaired) electrons. The van der Waals surface area contributed by atoms with Crippen molar-refractivity contribution in [2.75, 3.05) is 19.7 Å². The van der Waals surface area contributed by atoms with Crippen LogP contribution in [0.15, 0.2) is 25.0 Å². The van der Waals surface area contributed by atoms with E-state index in [-0.39, 0.29) is 17.9 Å². The number of hydrogen-bond acceptors (Lipinski definition) is 5. The Kier molecular flexibility index (Phi) is 5.01. The third-order valence-electron chi connectivity index (χ3n) is 5.49. The topological polar surface area (TPSA) is 78.1 Å². The third-order valence-corrected chi connectivity index (χ3v) is 5.49. The van der Waals surface area contributed by atoms with Gasteiger partial charge in [0.2, 0.25) is 5.91 Å². The highest BCUT2D eigenvalue weighted by Gasteiger charge is 2.40. The van der Waals surface area contributed by atoms with E-state index in [0.717, 1.165) is 51.3 Å². The molecule has 2 aromatic rings. The molecule has 0 aliphatic carbocycles. The molecular formula is C18H26N6O2. The van der Waals surface area contributed by atoms with Crippen molar-refractivity contribution >= 4 is 5.91 Å². The van der Waals surface area contributed by atoms with Crippen LogP contribution in [0.1, 0.15) is 38.1 Å². The van der Waals surface area contributed by atoms with E-state index in [1.807, 2.05) is 15.8 Å². The Labute approximate surface area is 153 Å². The van der Waals surface area contributed by atoms with E-state index in [9.17, 15) is 4.79 Å². The number of ether oxygens (including phenoxy) is 1. The van der Waals surface area contributed by atoms with Crippen molar-refractivity contribution in [2.45, 2.75) is 45.4 Å². The second-order valence-corrected chi connectivity index (χ2v) is 7.17. The Balaban J connectivity index is 1.44. The summed E-state index contributed by atoms with van der Waals surface area (Å²) in [4.78, 5) is 23.7. The first kappa shape index (κ1) is 17.2. The minimum atomic E-state index is -0.229. The largest absolute Gasteiger partial charge is 0.369 e. The number of carbonyl (C=O) groups excluding carboxylic acids is 1. The summed E-state index contributed by atoms with van der Waals surface area (Å²) in [5.74, 6) is 1.38. The summed E-state index contributed by atoms with van der Waals surface area (Å²) in [6.45, 7) is 5.96. The Morgan fingerprint density at radius 2 is 2.31 bits per heavy atom. The van der Waals surface area contributed by atoms with Gasteiger partial charge in [0, 0.05) is 45.2 Å². The molecule has 0 aromatic carbocycles. The molecule has 0 N–H and O–H groups in total. The molecule has 8 nitrogen and oxygen atoms in total. The van der Waals surface area contributed by atoms with Crippen molar-refractivity contribution < 1.29 is 9.53 Å². The minimum Gasteiger partial charge on any atom is -0.369 e. The molecule has 1 unspecified atom stereocenters.